The van der Waals surface area contributed by atoms with Crippen molar-refractivity contribution in [1.82, 2.24) is 0 Å². The molecule has 0 aliphatic heterocycles. The Morgan fingerprint density at radius 2 is 1.28 bits per heavy atom. The van der Waals surface area contributed by atoms with Gasteiger partial charge < -0.3 is 0 Å². The first kappa shape index (κ1) is 34.6. The topological polar surface area (TPSA) is 40.8 Å². The van der Waals surface area contributed by atoms with Gasteiger partial charge in [0.2, 0.25) is 0 Å². The summed E-state index contributed by atoms with van der Waals surface area (Å²) in [6, 6.07) is 22.4. The molecular weight excluding hydrogens is 675 g/mol. The van der Waals surface area contributed by atoms with E-state index >= 15 is 0 Å². The number of benzene rings is 3. The first-order valence-corrected chi connectivity index (χ1v) is 21.4. The van der Waals surface area contributed by atoms with E-state index in [2.05, 4.69) is 6.07 Å². The van der Waals surface area contributed by atoms with Gasteiger partial charge in [-0.3, -0.25) is 0 Å². The van der Waals surface area contributed by atoms with E-state index in [1.165, 1.54) is 0 Å². The molecule has 0 unspecified atom stereocenters. The SMILES string of the molecule is Cc1ccc2c(oc3c(-c4cc[c]([Ge]([CH3])([CH2]C(C)(C)C(F)(F)F)[CH2]C(C)(C)C(F)(F)F)cc4)c(C#N)ccc32)c1-c1cccc[n+]1C. The van der Waals surface area contributed by atoms with Crippen molar-refractivity contribution in [3.63, 3.8) is 0 Å². The molecule has 5 aromatic rings. The van der Waals surface area contributed by atoms with Crippen molar-refractivity contribution in [3.8, 4) is 28.5 Å². The molecule has 0 aliphatic rings. The minimum atomic E-state index is -4.57. The number of alkyl halides is 6. The molecule has 0 bridgehead atoms. The fourth-order valence-electron chi connectivity index (χ4n) is 6.94. The van der Waals surface area contributed by atoms with E-state index < -0.39 is 36.4 Å². The van der Waals surface area contributed by atoms with Gasteiger partial charge in [0.15, 0.2) is 0 Å². The number of rotatable bonds is 7. The van der Waals surface area contributed by atoms with Crippen molar-refractivity contribution in [1.29, 1.82) is 5.26 Å². The van der Waals surface area contributed by atoms with Gasteiger partial charge in [-0.1, -0.05) is 0 Å². The van der Waals surface area contributed by atoms with Gasteiger partial charge >= 0.3 is 268 Å². The van der Waals surface area contributed by atoms with Gasteiger partial charge in [-0.15, -0.1) is 0 Å². The molecule has 0 N–H and O–H groups in total. The number of aryl methyl sites for hydroxylation is 2. The third-order valence-electron chi connectivity index (χ3n) is 9.52. The van der Waals surface area contributed by atoms with Crippen LogP contribution in [-0.4, -0.2) is 25.6 Å². The molecule has 0 fully saturated rings. The van der Waals surface area contributed by atoms with Crippen LogP contribution in [0.5, 0.6) is 0 Å². The van der Waals surface area contributed by atoms with E-state index in [1.54, 1.807) is 36.1 Å². The molecule has 0 amide bonds. The van der Waals surface area contributed by atoms with Crippen LogP contribution in [0.15, 0.2) is 77.3 Å². The summed E-state index contributed by atoms with van der Waals surface area (Å²) in [6.45, 7) is 6.27. The Morgan fingerprint density at radius 1 is 0.745 bits per heavy atom. The van der Waals surface area contributed by atoms with E-state index in [4.69, 9.17) is 4.42 Å². The molecule has 2 aromatic heterocycles. The van der Waals surface area contributed by atoms with Gasteiger partial charge in [0.05, 0.1) is 0 Å². The molecule has 10 heteroatoms. The molecule has 5 rings (SSSR count). The van der Waals surface area contributed by atoms with Crippen LogP contribution in [0.1, 0.15) is 38.8 Å². The van der Waals surface area contributed by atoms with Crippen LogP contribution in [0.4, 0.5) is 26.3 Å². The molecule has 0 radical (unpaired) electrons. The predicted octanol–water partition coefficient (Wildman–Crippen LogP) is 10.4. The van der Waals surface area contributed by atoms with Crippen LogP contribution in [-0.2, 0) is 7.05 Å². The molecule has 246 valence electrons. The summed E-state index contributed by atoms with van der Waals surface area (Å²) in [6.07, 6.45) is -7.20. The molecule has 0 aliphatic carbocycles. The third kappa shape index (κ3) is 6.17. The summed E-state index contributed by atoms with van der Waals surface area (Å²) < 4.78 is 93.7. The Labute approximate surface area is 273 Å². The van der Waals surface area contributed by atoms with Crippen LogP contribution in [0.2, 0.25) is 16.3 Å². The number of nitriles is 1. The number of nitrogens with zero attached hydrogens (tertiary/aromatic N) is 2. The zero-order chi connectivity index (χ0) is 34.7. The fourth-order valence-corrected chi connectivity index (χ4v) is 19.1. The maximum absolute atomic E-state index is 14.1. The van der Waals surface area contributed by atoms with Crippen molar-refractivity contribution < 1.29 is 35.3 Å². The molecule has 3 nitrogen and oxygen atoms in total. The van der Waals surface area contributed by atoms with Gasteiger partial charge in [0, 0.05) is 6.07 Å². The van der Waals surface area contributed by atoms with Gasteiger partial charge in [0.1, 0.15) is 0 Å². The fraction of sp³-hybridized carbons (Fsp3) is 0.351. The second-order valence-electron chi connectivity index (χ2n) is 14.2. The predicted molar refractivity (Wildman–Crippen MR) is 176 cm³/mol. The quantitative estimate of drug-likeness (QED) is 0.0958. The Hall–Kier alpha value is -3.78. The average Bonchev–Trinajstić information content (AvgIpc) is 3.34. The van der Waals surface area contributed by atoms with E-state index in [-0.39, 0.29) is 10.5 Å². The first-order chi connectivity index (χ1) is 21.7. The van der Waals surface area contributed by atoms with Crippen LogP contribution in [0.3, 0.4) is 0 Å². The Balaban J connectivity index is 1.69. The van der Waals surface area contributed by atoms with Crippen LogP contribution in [0.25, 0.3) is 44.3 Å². The van der Waals surface area contributed by atoms with Crippen molar-refractivity contribution in [3.05, 3.63) is 84.1 Å². The molecule has 0 saturated heterocycles. The Kier molecular flexibility index (Phi) is 8.62. The number of fused-ring (bicyclic) bond motifs is 3. The van der Waals surface area contributed by atoms with Crippen LogP contribution in [0, 0.1) is 29.1 Å². The van der Waals surface area contributed by atoms with Gasteiger partial charge in [0.25, 0.3) is 0 Å². The van der Waals surface area contributed by atoms with E-state index in [9.17, 15) is 31.6 Å². The molecule has 0 spiro atoms. The number of aromatic nitrogens is 1. The van der Waals surface area contributed by atoms with Gasteiger partial charge in [-0.25, -0.2) is 0 Å². The zero-order valence-electron chi connectivity index (χ0n) is 27.4. The first-order valence-electron chi connectivity index (χ1n) is 15.3. The standard InChI is InChI=1S/C37H37F6GeN2O/c1-23-11-17-27-28-18-14-25(20-45)31(33(28)47-32(27)30(23)29-10-8-9-19-46(29)7)24-12-15-26(16-13-24)44(6,21-34(2,3)36(38,39)40)22-35(4,5)37(41,42)43/h8-19H,21-22H2,1-7H3/q+1. The molecule has 0 saturated carbocycles. The molecule has 0 atom stereocenters. The average molecular weight is 712 g/mol. The zero-order valence-corrected chi connectivity index (χ0v) is 29.5. The Bertz CT molecular complexity index is 1990. The van der Waals surface area contributed by atoms with Crippen LogP contribution >= 0.6 is 0 Å². The second kappa shape index (κ2) is 11.7. The van der Waals surface area contributed by atoms with Crippen molar-refractivity contribution in [2.24, 2.45) is 17.9 Å². The maximum atomic E-state index is 14.1. The van der Waals surface area contributed by atoms with E-state index in [1.807, 2.05) is 61.1 Å². The van der Waals surface area contributed by atoms with Gasteiger partial charge in [-0.05, 0) is 0 Å². The number of furan rings is 1. The molecule has 2 heterocycles. The van der Waals surface area contributed by atoms with Crippen molar-refractivity contribution in [2.75, 3.05) is 0 Å². The summed E-state index contributed by atoms with van der Waals surface area (Å²) >= 11 is -4.11. The summed E-state index contributed by atoms with van der Waals surface area (Å²) in [5.74, 6) is 1.66. The number of halogens is 6. The number of hydrogen-bond donors (Lipinski definition) is 0. The van der Waals surface area contributed by atoms with E-state index in [0.717, 1.165) is 55.3 Å². The summed E-state index contributed by atoms with van der Waals surface area (Å²) in [4.78, 5) is 0. The summed E-state index contributed by atoms with van der Waals surface area (Å²) in [5.41, 5.74) is 1.11. The third-order valence-corrected chi connectivity index (χ3v) is 20.1. The van der Waals surface area contributed by atoms with E-state index in [0.29, 0.717) is 32.3 Å². The molecule has 47 heavy (non-hydrogen) atoms. The summed E-state index contributed by atoms with van der Waals surface area (Å²) in [5, 5.41) is 11.0. The van der Waals surface area contributed by atoms with Crippen molar-refractivity contribution >= 4 is 39.6 Å². The monoisotopic (exact) mass is 713 g/mol. The molecular formula is C37H37F6GeN2O+. The summed E-state index contributed by atoms with van der Waals surface area (Å²) in [7, 11) is 1.95. The second-order valence-corrected chi connectivity index (χ2v) is 23.4. The van der Waals surface area contributed by atoms with Crippen molar-refractivity contribution in [2.45, 2.75) is 63.2 Å². The molecule has 3 aromatic carbocycles. The minimum absolute atomic E-state index is 0.341. The number of hydrogen-bond acceptors (Lipinski definition) is 2. The van der Waals surface area contributed by atoms with Gasteiger partial charge in [-0.2, -0.15) is 0 Å². The normalized spacial score (nSPS) is 13.4. The van der Waals surface area contributed by atoms with Crippen LogP contribution < -0.4 is 8.96 Å². The Morgan fingerprint density at radius 3 is 1.79 bits per heavy atom. The number of pyridine rings is 1.